The van der Waals surface area contributed by atoms with Crippen LogP contribution >= 0.6 is 0 Å². The SMILES string of the molecule is Cc1ccc(C(C)Nc2c(F)c(F)nc(F)c2F)o1. The van der Waals surface area contributed by atoms with Gasteiger partial charge >= 0.3 is 0 Å². The van der Waals surface area contributed by atoms with Crippen LogP contribution < -0.4 is 5.32 Å². The van der Waals surface area contributed by atoms with Crippen LogP contribution in [0.2, 0.25) is 0 Å². The summed E-state index contributed by atoms with van der Waals surface area (Å²) < 4.78 is 57.9. The number of nitrogens with zero attached hydrogens (tertiary/aromatic N) is 1. The van der Waals surface area contributed by atoms with Gasteiger partial charge in [-0.2, -0.15) is 22.5 Å². The van der Waals surface area contributed by atoms with Gasteiger partial charge in [0.15, 0.2) is 0 Å². The van der Waals surface area contributed by atoms with Gasteiger partial charge in [-0.1, -0.05) is 0 Å². The third-order valence-electron chi connectivity index (χ3n) is 2.55. The summed E-state index contributed by atoms with van der Waals surface area (Å²) in [5.74, 6) is -5.57. The number of furan rings is 1. The zero-order chi connectivity index (χ0) is 14.2. The van der Waals surface area contributed by atoms with Gasteiger partial charge in [-0.3, -0.25) is 0 Å². The predicted octanol–water partition coefficient (Wildman–Crippen LogP) is 3.71. The average molecular weight is 274 g/mol. The second kappa shape index (κ2) is 4.91. The molecule has 19 heavy (non-hydrogen) atoms. The lowest BCUT2D eigenvalue weighted by Crippen LogP contribution is -2.12. The van der Waals surface area contributed by atoms with Gasteiger partial charge in [-0.25, -0.2) is 0 Å². The Labute approximate surface area is 106 Å². The van der Waals surface area contributed by atoms with E-state index in [1.165, 1.54) is 6.92 Å². The fourth-order valence-corrected chi connectivity index (χ4v) is 1.59. The van der Waals surface area contributed by atoms with Crippen molar-refractivity contribution >= 4 is 5.69 Å². The maximum absolute atomic E-state index is 13.4. The van der Waals surface area contributed by atoms with Crippen LogP contribution in [-0.2, 0) is 0 Å². The van der Waals surface area contributed by atoms with Crippen LogP contribution in [0, 0.1) is 30.5 Å². The normalized spacial score (nSPS) is 12.5. The molecule has 0 radical (unpaired) electrons. The average Bonchev–Trinajstić information content (AvgIpc) is 2.79. The number of halogens is 4. The Morgan fingerprint density at radius 1 is 1.11 bits per heavy atom. The van der Waals surface area contributed by atoms with Crippen LogP contribution in [0.1, 0.15) is 24.5 Å². The van der Waals surface area contributed by atoms with E-state index >= 15 is 0 Å². The summed E-state index contributed by atoms with van der Waals surface area (Å²) in [7, 11) is 0. The maximum atomic E-state index is 13.4. The van der Waals surface area contributed by atoms with E-state index in [-0.39, 0.29) is 0 Å². The predicted molar refractivity (Wildman–Crippen MR) is 59.6 cm³/mol. The standard InChI is InChI=1S/C12H10F4N2O/c1-5-3-4-7(19-5)6(2)17-10-8(13)11(15)18-12(16)9(10)14/h3-4,6H,1-2H3,(H,17,18). The summed E-state index contributed by atoms with van der Waals surface area (Å²) in [6.07, 6.45) is 0. The lowest BCUT2D eigenvalue weighted by molar-refractivity contribution is 0.407. The van der Waals surface area contributed by atoms with Crippen molar-refractivity contribution in [2.75, 3.05) is 5.32 Å². The van der Waals surface area contributed by atoms with Crippen molar-refractivity contribution in [2.45, 2.75) is 19.9 Å². The molecule has 3 nitrogen and oxygen atoms in total. The number of anilines is 1. The lowest BCUT2D eigenvalue weighted by Gasteiger charge is -2.14. The second-order valence-electron chi connectivity index (χ2n) is 4.01. The van der Waals surface area contributed by atoms with Crippen molar-refractivity contribution < 1.29 is 22.0 Å². The van der Waals surface area contributed by atoms with Crippen molar-refractivity contribution in [1.29, 1.82) is 0 Å². The molecule has 0 aliphatic heterocycles. The summed E-state index contributed by atoms with van der Waals surface area (Å²) in [6, 6.07) is 2.59. The van der Waals surface area contributed by atoms with E-state index in [1.54, 1.807) is 19.1 Å². The van der Waals surface area contributed by atoms with Gasteiger partial charge in [0, 0.05) is 0 Å². The van der Waals surface area contributed by atoms with E-state index in [0.29, 0.717) is 11.5 Å². The maximum Gasteiger partial charge on any atom is 0.253 e. The Bertz CT molecular complexity index is 586. The van der Waals surface area contributed by atoms with E-state index in [0.717, 1.165) is 0 Å². The lowest BCUT2D eigenvalue weighted by atomic mass is 10.2. The molecule has 0 aliphatic rings. The van der Waals surface area contributed by atoms with E-state index in [1.807, 2.05) is 0 Å². The highest BCUT2D eigenvalue weighted by molar-refractivity contribution is 5.46. The minimum absolute atomic E-state index is 0.383. The number of rotatable bonds is 3. The van der Waals surface area contributed by atoms with E-state index in [2.05, 4.69) is 10.3 Å². The minimum atomic E-state index is -1.70. The highest BCUT2D eigenvalue weighted by atomic mass is 19.2. The fourth-order valence-electron chi connectivity index (χ4n) is 1.59. The van der Waals surface area contributed by atoms with Crippen molar-refractivity contribution in [1.82, 2.24) is 4.98 Å². The first kappa shape index (κ1) is 13.4. The molecule has 2 heterocycles. The molecule has 1 unspecified atom stereocenters. The van der Waals surface area contributed by atoms with Crippen LogP contribution in [-0.4, -0.2) is 4.98 Å². The van der Waals surface area contributed by atoms with Gasteiger partial charge in [0.1, 0.15) is 17.2 Å². The molecule has 102 valence electrons. The molecule has 0 aliphatic carbocycles. The van der Waals surface area contributed by atoms with Gasteiger partial charge in [-0.15, -0.1) is 0 Å². The summed E-state index contributed by atoms with van der Waals surface area (Å²) in [5.41, 5.74) is -0.911. The zero-order valence-electron chi connectivity index (χ0n) is 10.1. The molecule has 0 aromatic carbocycles. The van der Waals surface area contributed by atoms with E-state index < -0.39 is 35.3 Å². The third-order valence-corrected chi connectivity index (χ3v) is 2.55. The Morgan fingerprint density at radius 3 is 2.16 bits per heavy atom. The molecule has 1 atom stereocenters. The topological polar surface area (TPSA) is 38.1 Å². The number of nitrogens with one attached hydrogen (secondary N) is 1. The first-order valence-corrected chi connectivity index (χ1v) is 5.43. The van der Waals surface area contributed by atoms with Crippen LogP contribution in [0.15, 0.2) is 16.5 Å². The first-order chi connectivity index (χ1) is 8.90. The van der Waals surface area contributed by atoms with Crippen LogP contribution in [0.3, 0.4) is 0 Å². The van der Waals surface area contributed by atoms with E-state index in [9.17, 15) is 17.6 Å². The van der Waals surface area contributed by atoms with Crippen molar-refractivity contribution in [2.24, 2.45) is 0 Å². The number of aromatic nitrogens is 1. The largest absolute Gasteiger partial charge is 0.464 e. The summed E-state index contributed by atoms with van der Waals surface area (Å²) in [5, 5.41) is 2.33. The summed E-state index contributed by atoms with van der Waals surface area (Å²) >= 11 is 0. The van der Waals surface area contributed by atoms with Gasteiger partial charge in [0.2, 0.25) is 11.6 Å². The summed E-state index contributed by atoms with van der Waals surface area (Å²) in [6.45, 7) is 3.23. The van der Waals surface area contributed by atoms with Gasteiger partial charge < -0.3 is 9.73 Å². The zero-order valence-corrected chi connectivity index (χ0v) is 10.1. The number of pyridine rings is 1. The Morgan fingerprint density at radius 2 is 1.68 bits per heavy atom. The van der Waals surface area contributed by atoms with Crippen LogP contribution in [0.4, 0.5) is 23.2 Å². The molecule has 0 spiro atoms. The van der Waals surface area contributed by atoms with Crippen LogP contribution in [0.25, 0.3) is 0 Å². The van der Waals surface area contributed by atoms with Gasteiger partial charge in [0.25, 0.3) is 11.9 Å². The third kappa shape index (κ3) is 2.54. The number of aryl methyl sites for hydroxylation is 1. The Kier molecular flexibility index (Phi) is 3.46. The minimum Gasteiger partial charge on any atom is -0.464 e. The first-order valence-electron chi connectivity index (χ1n) is 5.43. The highest BCUT2D eigenvalue weighted by Crippen LogP contribution is 2.27. The molecule has 0 fully saturated rings. The molecule has 1 N–H and O–H groups in total. The molecule has 0 amide bonds. The molecule has 2 aromatic rings. The molecule has 2 rings (SSSR count). The van der Waals surface area contributed by atoms with Crippen molar-refractivity contribution in [3.63, 3.8) is 0 Å². The molecule has 7 heteroatoms. The van der Waals surface area contributed by atoms with E-state index in [4.69, 9.17) is 4.42 Å². The van der Waals surface area contributed by atoms with Crippen molar-refractivity contribution in [3.05, 3.63) is 47.2 Å². The summed E-state index contributed by atoms with van der Waals surface area (Å²) in [4.78, 5) is 2.47. The fraction of sp³-hybridized carbons (Fsp3) is 0.250. The van der Waals surface area contributed by atoms with Gasteiger partial charge in [0.05, 0.1) is 6.04 Å². The molecular weight excluding hydrogens is 264 g/mol. The van der Waals surface area contributed by atoms with Crippen molar-refractivity contribution in [3.8, 4) is 0 Å². The Balaban J connectivity index is 2.33. The number of hydrogen-bond donors (Lipinski definition) is 1. The molecule has 0 bridgehead atoms. The molecule has 2 aromatic heterocycles. The number of hydrogen-bond acceptors (Lipinski definition) is 3. The second-order valence-corrected chi connectivity index (χ2v) is 4.01. The van der Waals surface area contributed by atoms with Gasteiger partial charge in [-0.05, 0) is 26.0 Å². The smallest absolute Gasteiger partial charge is 0.253 e. The molecular formula is C12H10F4N2O. The molecule has 0 saturated carbocycles. The monoisotopic (exact) mass is 274 g/mol. The quantitative estimate of drug-likeness (QED) is 0.685. The van der Waals surface area contributed by atoms with Crippen LogP contribution in [0.5, 0.6) is 0 Å². The molecule has 0 saturated heterocycles. The highest BCUT2D eigenvalue weighted by Gasteiger charge is 2.23. The Hall–Kier alpha value is -2.05.